The van der Waals surface area contributed by atoms with Gasteiger partial charge in [-0.05, 0) is 43.3 Å². The summed E-state index contributed by atoms with van der Waals surface area (Å²) >= 11 is 6.18. The lowest BCUT2D eigenvalue weighted by molar-refractivity contribution is -0.119. The Morgan fingerprint density at radius 2 is 1.73 bits per heavy atom. The first-order chi connectivity index (χ1) is 19.9. The number of nitrogens with one attached hydrogen (secondary N) is 1. The summed E-state index contributed by atoms with van der Waals surface area (Å²) < 4.78 is 5.46. The Hall–Kier alpha value is -3.69. The van der Waals surface area contributed by atoms with Crippen LogP contribution in [0.4, 0.5) is 11.4 Å². The molecule has 0 aliphatic carbocycles. The summed E-state index contributed by atoms with van der Waals surface area (Å²) in [5, 5.41) is 12.3. The number of piperazine rings is 1. The molecule has 1 aliphatic rings. The number of benzene rings is 3. The summed E-state index contributed by atoms with van der Waals surface area (Å²) in [5.74, 6) is 0.0818. The smallest absolute Gasteiger partial charge is 0.240 e. The van der Waals surface area contributed by atoms with Gasteiger partial charge in [0.25, 0.3) is 0 Å². The van der Waals surface area contributed by atoms with Gasteiger partial charge in [-0.1, -0.05) is 48.0 Å². The molecular formula is C32H36ClN5O3. The highest BCUT2D eigenvalue weighted by Gasteiger charge is 2.22. The van der Waals surface area contributed by atoms with Crippen LogP contribution < -0.4 is 4.90 Å². The lowest BCUT2D eigenvalue weighted by atomic mass is 10.0. The van der Waals surface area contributed by atoms with Gasteiger partial charge < -0.3 is 19.7 Å². The highest BCUT2D eigenvalue weighted by Crippen LogP contribution is 2.33. The summed E-state index contributed by atoms with van der Waals surface area (Å²) in [6.07, 6.45) is 0. The number of fused-ring (bicyclic) bond motifs is 1. The third-order valence-electron chi connectivity index (χ3n) is 7.46. The minimum Gasteiger partial charge on any atom is -0.494 e. The van der Waals surface area contributed by atoms with E-state index in [4.69, 9.17) is 21.3 Å². The average molecular weight is 574 g/mol. The van der Waals surface area contributed by atoms with Crippen molar-refractivity contribution in [1.29, 1.82) is 0 Å². The lowest BCUT2D eigenvalue weighted by Gasteiger charge is -2.34. The zero-order chi connectivity index (χ0) is 28.8. The van der Waals surface area contributed by atoms with Crippen LogP contribution in [-0.2, 0) is 9.53 Å². The molecule has 0 radical (unpaired) electrons. The van der Waals surface area contributed by atoms with E-state index in [-0.39, 0.29) is 11.8 Å². The van der Waals surface area contributed by atoms with Crippen LogP contribution in [0.5, 0.6) is 5.88 Å². The first-order valence-corrected chi connectivity index (χ1v) is 14.3. The van der Waals surface area contributed by atoms with Crippen LogP contribution in [0.3, 0.4) is 0 Å². The number of amides is 1. The second-order valence-electron chi connectivity index (χ2n) is 10.1. The summed E-state index contributed by atoms with van der Waals surface area (Å²) in [6, 6.07) is 22.8. The number of ether oxygens (including phenoxy) is 1. The van der Waals surface area contributed by atoms with Crippen molar-refractivity contribution in [1.82, 2.24) is 14.8 Å². The van der Waals surface area contributed by atoms with Gasteiger partial charge in [0.05, 0.1) is 35.6 Å². The number of anilines is 1. The molecule has 214 valence electrons. The van der Waals surface area contributed by atoms with Gasteiger partial charge in [-0.2, -0.15) is 0 Å². The second-order valence-corrected chi connectivity index (χ2v) is 10.6. The van der Waals surface area contributed by atoms with E-state index in [0.29, 0.717) is 28.5 Å². The van der Waals surface area contributed by atoms with Crippen molar-refractivity contribution < 1.29 is 14.6 Å². The molecule has 0 atom stereocenters. The molecule has 0 saturated carbocycles. The first kappa shape index (κ1) is 28.8. The summed E-state index contributed by atoms with van der Waals surface area (Å²) in [7, 11) is 1.81. The molecule has 1 amide bonds. The van der Waals surface area contributed by atoms with Crippen LogP contribution in [0, 0.1) is 0 Å². The molecule has 8 nitrogen and oxygen atoms in total. The number of hydrogen-bond acceptors (Lipinski definition) is 6. The fourth-order valence-electron chi connectivity index (χ4n) is 5.09. The molecule has 5 rings (SSSR count). The van der Waals surface area contributed by atoms with Crippen molar-refractivity contribution in [2.45, 2.75) is 6.92 Å². The zero-order valence-corrected chi connectivity index (χ0v) is 24.3. The van der Waals surface area contributed by atoms with Crippen LogP contribution >= 0.6 is 11.6 Å². The summed E-state index contributed by atoms with van der Waals surface area (Å²) in [6.45, 7) is 8.45. The number of carbonyl (C=O) groups is 1. The van der Waals surface area contributed by atoms with Gasteiger partial charge in [0.2, 0.25) is 5.91 Å². The molecule has 9 heteroatoms. The molecule has 4 aromatic rings. The van der Waals surface area contributed by atoms with Gasteiger partial charge in [0.15, 0.2) is 5.88 Å². The molecular weight excluding hydrogens is 538 g/mol. The number of likely N-dealkylation sites (N-methyl/N-ethyl adjacent to an activating group) is 1. The molecule has 1 saturated heterocycles. The second kappa shape index (κ2) is 13.3. The largest absolute Gasteiger partial charge is 0.494 e. The van der Waals surface area contributed by atoms with Crippen molar-refractivity contribution in [2.24, 2.45) is 4.99 Å². The molecule has 2 N–H and O–H groups in total. The lowest BCUT2D eigenvalue weighted by Crippen LogP contribution is -2.50. The van der Waals surface area contributed by atoms with Crippen molar-refractivity contribution in [3.8, 4) is 5.88 Å². The number of aliphatic imine (C=N–C) groups is 1. The summed E-state index contributed by atoms with van der Waals surface area (Å²) in [4.78, 5) is 27.3. The van der Waals surface area contributed by atoms with Gasteiger partial charge in [-0.25, -0.2) is 4.99 Å². The van der Waals surface area contributed by atoms with E-state index in [2.05, 4.69) is 14.8 Å². The average Bonchev–Trinajstić information content (AvgIpc) is 3.31. The fourth-order valence-corrected chi connectivity index (χ4v) is 5.26. The van der Waals surface area contributed by atoms with Crippen LogP contribution in [-0.4, -0.2) is 91.0 Å². The fraction of sp³-hybridized carbons (Fsp3) is 0.312. The van der Waals surface area contributed by atoms with Gasteiger partial charge in [0, 0.05) is 68.0 Å². The molecule has 0 bridgehead atoms. The van der Waals surface area contributed by atoms with E-state index in [0.717, 1.165) is 68.1 Å². The van der Waals surface area contributed by atoms with Crippen LogP contribution in [0.1, 0.15) is 18.1 Å². The third-order valence-corrected chi connectivity index (χ3v) is 7.69. The Morgan fingerprint density at radius 1 is 1.02 bits per heavy atom. The Balaban J connectivity index is 1.31. The molecule has 0 unspecified atom stereocenters. The monoisotopic (exact) mass is 573 g/mol. The minimum atomic E-state index is 0.0296. The Morgan fingerprint density at radius 3 is 2.44 bits per heavy atom. The van der Waals surface area contributed by atoms with Crippen molar-refractivity contribution in [3.63, 3.8) is 0 Å². The van der Waals surface area contributed by atoms with Crippen LogP contribution in [0.25, 0.3) is 10.9 Å². The van der Waals surface area contributed by atoms with Gasteiger partial charge in [-0.15, -0.1) is 0 Å². The number of aromatic hydroxyl groups is 1. The van der Waals surface area contributed by atoms with Gasteiger partial charge >= 0.3 is 0 Å². The molecule has 2 heterocycles. The molecule has 41 heavy (non-hydrogen) atoms. The van der Waals surface area contributed by atoms with Gasteiger partial charge in [0.1, 0.15) is 0 Å². The van der Waals surface area contributed by atoms with Crippen LogP contribution in [0.2, 0.25) is 5.02 Å². The number of hydrogen-bond donors (Lipinski definition) is 2. The quantitative estimate of drug-likeness (QED) is 0.198. The molecule has 1 aromatic heterocycles. The maximum absolute atomic E-state index is 13.1. The first-order valence-electron chi connectivity index (χ1n) is 14.0. The number of aromatic amines is 1. The predicted octanol–water partition coefficient (Wildman–Crippen LogP) is 5.31. The van der Waals surface area contributed by atoms with E-state index in [1.165, 1.54) is 0 Å². The number of H-pyrrole nitrogens is 1. The number of rotatable bonds is 10. The van der Waals surface area contributed by atoms with E-state index >= 15 is 0 Å². The third kappa shape index (κ3) is 6.97. The van der Waals surface area contributed by atoms with Gasteiger partial charge in [-0.3, -0.25) is 14.6 Å². The number of nitrogens with zero attached hydrogens (tertiary/aromatic N) is 4. The van der Waals surface area contributed by atoms with E-state index < -0.39 is 0 Å². The summed E-state index contributed by atoms with van der Waals surface area (Å²) in [5.41, 5.74) is 4.35. The zero-order valence-electron chi connectivity index (χ0n) is 23.5. The van der Waals surface area contributed by atoms with Crippen molar-refractivity contribution in [2.75, 3.05) is 64.4 Å². The Labute approximate surface area is 245 Å². The normalized spacial score (nSPS) is 15.0. The maximum atomic E-state index is 13.1. The highest BCUT2D eigenvalue weighted by molar-refractivity contribution is 6.31. The molecule has 3 aromatic carbocycles. The maximum Gasteiger partial charge on any atom is 0.240 e. The van der Waals surface area contributed by atoms with E-state index in [1.807, 2.05) is 74.6 Å². The number of aromatic nitrogens is 1. The SMILES string of the molecule is CCOCCN1CCN(CC(=O)N(C)c2ccc(N=C(c3ccccc3)c3c(O)[nH]c4cc(Cl)ccc34)cc2)CC1. The number of halogens is 1. The Bertz CT molecular complexity index is 1500. The van der Waals surface area contributed by atoms with E-state index in [9.17, 15) is 9.90 Å². The standard InChI is InChI=1S/C32H36ClN5O3/c1-3-41-20-19-37-15-17-38(18-16-37)22-29(39)36(2)26-12-10-25(11-13-26)34-31(23-7-5-4-6-8-23)30-27-14-9-24(33)21-28(27)35-32(30)40/h4-14,21,35,40H,3,15-20,22H2,1-2H3. The van der Waals surface area contributed by atoms with Crippen molar-refractivity contribution >= 4 is 45.5 Å². The topological polar surface area (TPSA) is 84.4 Å². The predicted molar refractivity (Wildman–Crippen MR) is 166 cm³/mol. The van der Waals surface area contributed by atoms with E-state index in [1.54, 1.807) is 17.0 Å². The highest BCUT2D eigenvalue weighted by atomic mass is 35.5. The molecule has 0 spiro atoms. The minimum absolute atomic E-state index is 0.0296. The molecule has 1 fully saturated rings. The van der Waals surface area contributed by atoms with Crippen molar-refractivity contribution in [3.05, 3.63) is 88.9 Å². The number of carbonyl (C=O) groups excluding carboxylic acids is 1. The Kier molecular flexibility index (Phi) is 9.36. The van der Waals surface area contributed by atoms with Crippen LogP contribution in [0.15, 0.2) is 77.8 Å². The molecule has 1 aliphatic heterocycles.